The van der Waals surface area contributed by atoms with E-state index in [1.165, 1.54) is 12.8 Å². The summed E-state index contributed by atoms with van der Waals surface area (Å²) < 4.78 is 5.18. The molecule has 1 aliphatic rings. The smallest absolute Gasteiger partial charge is 0.407 e. The highest BCUT2D eigenvalue weighted by molar-refractivity contribution is 5.67. The summed E-state index contributed by atoms with van der Waals surface area (Å²) in [5.41, 5.74) is -0.416. The fourth-order valence-electron chi connectivity index (χ4n) is 2.14. The zero-order valence-corrected chi connectivity index (χ0v) is 11.5. The van der Waals surface area contributed by atoms with Crippen molar-refractivity contribution >= 4 is 6.09 Å². The summed E-state index contributed by atoms with van der Waals surface area (Å²) in [4.78, 5) is 11.4. The maximum absolute atomic E-state index is 11.4. The number of rotatable bonds is 3. The van der Waals surface area contributed by atoms with Crippen LogP contribution in [0.15, 0.2) is 0 Å². The first-order valence-corrected chi connectivity index (χ1v) is 6.59. The third-order valence-corrected chi connectivity index (χ3v) is 3.05. The highest BCUT2D eigenvalue weighted by Crippen LogP contribution is 2.17. The van der Waals surface area contributed by atoms with Crippen LogP contribution in [0.25, 0.3) is 0 Å². The predicted molar refractivity (Wildman–Crippen MR) is 69.0 cm³/mol. The lowest BCUT2D eigenvalue weighted by molar-refractivity contribution is 0.0524. The van der Waals surface area contributed by atoms with Crippen LogP contribution in [-0.2, 0) is 4.74 Å². The predicted octanol–water partition coefficient (Wildman–Crippen LogP) is 2.29. The molecule has 1 amide bonds. The zero-order valence-electron chi connectivity index (χ0n) is 11.5. The Hall–Kier alpha value is -0.770. The second-order valence-corrected chi connectivity index (χ2v) is 5.90. The van der Waals surface area contributed by atoms with Crippen molar-refractivity contribution < 1.29 is 9.53 Å². The molecule has 0 saturated carbocycles. The van der Waals surface area contributed by atoms with Crippen molar-refractivity contribution in [2.75, 3.05) is 13.1 Å². The lowest BCUT2D eigenvalue weighted by Crippen LogP contribution is -2.43. The largest absolute Gasteiger partial charge is 0.444 e. The fraction of sp³-hybridized carbons (Fsp3) is 0.923. The molecule has 0 aromatic carbocycles. The molecule has 1 rings (SSSR count). The molecule has 100 valence electrons. The first-order valence-electron chi connectivity index (χ1n) is 6.59. The van der Waals surface area contributed by atoms with E-state index in [-0.39, 0.29) is 6.09 Å². The van der Waals surface area contributed by atoms with Crippen molar-refractivity contribution in [3.05, 3.63) is 0 Å². The normalized spacial score (nSPS) is 25.4. The monoisotopic (exact) mass is 242 g/mol. The van der Waals surface area contributed by atoms with Crippen LogP contribution in [0.5, 0.6) is 0 Å². The van der Waals surface area contributed by atoms with Gasteiger partial charge in [-0.25, -0.2) is 4.79 Å². The van der Waals surface area contributed by atoms with Crippen molar-refractivity contribution in [2.24, 2.45) is 5.92 Å². The number of amides is 1. The van der Waals surface area contributed by atoms with Gasteiger partial charge in [0, 0.05) is 12.6 Å². The Morgan fingerprint density at radius 2 is 2.18 bits per heavy atom. The maximum atomic E-state index is 11.4. The second-order valence-electron chi connectivity index (χ2n) is 5.90. The molecular formula is C13H26N2O2. The van der Waals surface area contributed by atoms with Crippen LogP contribution in [0.2, 0.25) is 0 Å². The SMILES string of the molecule is C[C@@H]1CCCN[C@H]1CCNC(=O)OC(C)(C)C. The van der Waals surface area contributed by atoms with Gasteiger partial charge < -0.3 is 15.4 Å². The van der Waals surface area contributed by atoms with Crippen LogP contribution in [0.3, 0.4) is 0 Å². The highest BCUT2D eigenvalue weighted by atomic mass is 16.6. The first kappa shape index (κ1) is 14.3. The van der Waals surface area contributed by atoms with Crippen molar-refractivity contribution in [3.63, 3.8) is 0 Å². The van der Waals surface area contributed by atoms with Gasteiger partial charge >= 0.3 is 6.09 Å². The molecule has 0 aromatic heterocycles. The minimum atomic E-state index is -0.416. The van der Waals surface area contributed by atoms with Crippen LogP contribution in [0.1, 0.15) is 47.0 Å². The minimum Gasteiger partial charge on any atom is -0.444 e. The van der Waals surface area contributed by atoms with E-state index >= 15 is 0 Å². The van der Waals surface area contributed by atoms with E-state index in [0.717, 1.165) is 13.0 Å². The topological polar surface area (TPSA) is 50.4 Å². The van der Waals surface area contributed by atoms with Gasteiger partial charge in [0.1, 0.15) is 5.60 Å². The number of ether oxygens (including phenoxy) is 1. The van der Waals surface area contributed by atoms with Gasteiger partial charge in [-0.15, -0.1) is 0 Å². The number of nitrogens with one attached hydrogen (secondary N) is 2. The van der Waals surface area contributed by atoms with Crippen LogP contribution in [-0.4, -0.2) is 30.8 Å². The van der Waals surface area contributed by atoms with E-state index in [1.807, 2.05) is 20.8 Å². The molecular weight excluding hydrogens is 216 g/mol. The van der Waals surface area contributed by atoms with Gasteiger partial charge in [-0.2, -0.15) is 0 Å². The molecule has 0 spiro atoms. The number of piperidine rings is 1. The van der Waals surface area contributed by atoms with Gasteiger partial charge in [0.15, 0.2) is 0 Å². The summed E-state index contributed by atoms with van der Waals surface area (Å²) >= 11 is 0. The molecule has 1 heterocycles. The molecule has 0 unspecified atom stereocenters. The summed E-state index contributed by atoms with van der Waals surface area (Å²) in [5, 5.41) is 6.30. The standard InChI is InChI=1S/C13H26N2O2/c1-10-6-5-8-14-11(10)7-9-15-12(16)17-13(2,3)4/h10-11,14H,5-9H2,1-4H3,(H,15,16)/t10-,11+/m1/s1. The van der Waals surface area contributed by atoms with Gasteiger partial charge in [-0.1, -0.05) is 6.92 Å². The summed E-state index contributed by atoms with van der Waals surface area (Å²) in [6.45, 7) is 9.66. The molecule has 17 heavy (non-hydrogen) atoms. The van der Waals surface area contributed by atoms with E-state index in [0.29, 0.717) is 18.5 Å². The van der Waals surface area contributed by atoms with E-state index in [2.05, 4.69) is 17.6 Å². The van der Waals surface area contributed by atoms with E-state index < -0.39 is 5.60 Å². The molecule has 1 fully saturated rings. The van der Waals surface area contributed by atoms with Crippen molar-refractivity contribution in [3.8, 4) is 0 Å². The van der Waals surface area contributed by atoms with Crippen LogP contribution < -0.4 is 10.6 Å². The third-order valence-electron chi connectivity index (χ3n) is 3.05. The van der Waals surface area contributed by atoms with Crippen molar-refractivity contribution in [1.29, 1.82) is 0 Å². The average Bonchev–Trinajstić information content (AvgIpc) is 2.18. The Morgan fingerprint density at radius 3 is 2.76 bits per heavy atom. The molecule has 2 atom stereocenters. The summed E-state index contributed by atoms with van der Waals surface area (Å²) in [7, 11) is 0. The van der Waals surface area contributed by atoms with Gasteiger partial charge in [-0.05, 0) is 52.5 Å². The van der Waals surface area contributed by atoms with Gasteiger partial charge in [0.05, 0.1) is 0 Å². The van der Waals surface area contributed by atoms with E-state index in [9.17, 15) is 4.79 Å². The summed E-state index contributed by atoms with van der Waals surface area (Å²) in [6, 6.07) is 0.527. The average molecular weight is 242 g/mol. The van der Waals surface area contributed by atoms with Gasteiger partial charge in [0.2, 0.25) is 0 Å². The Morgan fingerprint density at radius 1 is 1.47 bits per heavy atom. The Labute approximate surface area is 104 Å². The molecule has 2 N–H and O–H groups in total. The Kier molecular flexibility index (Phi) is 5.25. The number of hydrogen-bond acceptors (Lipinski definition) is 3. The van der Waals surface area contributed by atoms with Crippen molar-refractivity contribution in [2.45, 2.75) is 58.6 Å². The van der Waals surface area contributed by atoms with Crippen LogP contribution in [0, 0.1) is 5.92 Å². The zero-order chi connectivity index (χ0) is 12.9. The van der Waals surface area contributed by atoms with Crippen LogP contribution in [0.4, 0.5) is 4.79 Å². The Balaban J connectivity index is 2.16. The number of carbonyl (C=O) groups excluding carboxylic acids is 1. The maximum Gasteiger partial charge on any atom is 0.407 e. The second kappa shape index (κ2) is 6.24. The molecule has 0 bridgehead atoms. The highest BCUT2D eigenvalue weighted by Gasteiger charge is 2.21. The molecule has 0 aliphatic carbocycles. The first-order chi connectivity index (χ1) is 7.88. The van der Waals surface area contributed by atoms with Gasteiger partial charge in [-0.3, -0.25) is 0 Å². The molecule has 4 nitrogen and oxygen atoms in total. The molecule has 0 aromatic rings. The molecule has 0 radical (unpaired) electrons. The summed E-state index contributed by atoms with van der Waals surface area (Å²) in [6.07, 6.45) is 3.20. The van der Waals surface area contributed by atoms with E-state index in [1.54, 1.807) is 0 Å². The van der Waals surface area contributed by atoms with Gasteiger partial charge in [0.25, 0.3) is 0 Å². The lowest BCUT2D eigenvalue weighted by Gasteiger charge is -2.30. The quantitative estimate of drug-likeness (QED) is 0.798. The summed E-state index contributed by atoms with van der Waals surface area (Å²) in [5.74, 6) is 0.698. The number of alkyl carbamates (subject to hydrolysis) is 1. The number of carbonyl (C=O) groups is 1. The van der Waals surface area contributed by atoms with Crippen molar-refractivity contribution in [1.82, 2.24) is 10.6 Å². The minimum absolute atomic E-state index is 0.319. The molecule has 4 heteroatoms. The van der Waals surface area contributed by atoms with Crippen LogP contribution >= 0.6 is 0 Å². The number of hydrogen-bond donors (Lipinski definition) is 2. The Bertz CT molecular complexity index is 248. The fourth-order valence-corrected chi connectivity index (χ4v) is 2.14. The molecule has 1 saturated heterocycles. The molecule has 1 aliphatic heterocycles. The third kappa shape index (κ3) is 5.91. The van der Waals surface area contributed by atoms with E-state index in [4.69, 9.17) is 4.74 Å². The lowest BCUT2D eigenvalue weighted by atomic mass is 9.91.